The van der Waals surface area contributed by atoms with Crippen LogP contribution in [0.15, 0.2) is 84.9 Å². The summed E-state index contributed by atoms with van der Waals surface area (Å²) in [5.41, 5.74) is 10.8. The molecule has 5 N–H and O–H groups in total. The van der Waals surface area contributed by atoms with E-state index in [1.165, 1.54) is 6.07 Å². The van der Waals surface area contributed by atoms with E-state index in [2.05, 4.69) is 27.0 Å². The van der Waals surface area contributed by atoms with E-state index < -0.39 is 30.0 Å². The fraction of sp³-hybridized carbons (Fsp3) is 0.214. The molecule has 5 amide bonds. The van der Waals surface area contributed by atoms with E-state index in [1.807, 2.05) is 55.5 Å². The Hall–Kier alpha value is -5.06. The number of rotatable bonds is 10. The van der Waals surface area contributed by atoms with E-state index in [-0.39, 0.29) is 12.2 Å². The zero-order chi connectivity index (χ0) is 27.9. The molecular formula is C28H31N5O6. The maximum absolute atomic E-state index is 12.5. The molecule has 0 aliphatic carbocycles. The molecule has 3 rings (SSSR count). The molecule has 1 unspecified atom stereocenters. The highest BCUT2D eigenvalue weighted by Gasteiger charge is 2.21. The predicted octanol–water partition coefficient (Wildman–Crippen LogP) is 3.34. The molecule has 1 atom stereocenters. The molecule has 0 aromatic heterocycles. The standard InChI is InChI=1S/C28H31N5O6/c1-2-10-24(29-28(37)39-19-21-13-7-4-8-14-21)26(35)31-33-27(36)32-30-25(34)22-15-9-16-23(17-22)38-18-20-11-5-3-6-12-20/h3-9,11-17,24H,2,10,18-19H2,1H3,(H,29,37)(H,30,34)(H,31,35)(H2,32,33,36). The Kier molecular flexibility index (Phi) is 11.1. The number of benzene rings is 3. The summed E-state index contributed by atoms with van der Waals surface area (Å²) in [5.74, 6) is -0.758. The molecule has 3 aromatic rings. The van der Waals surface area contributed by atoms with Gasteiger partial charge in [-0.2, -0.15) is 0 Å². The Bertz CT molecular complexity index is 1240. The molecule has 11 heteroatoms. The quantitative estimate of drug-likeness (QED) is 0.253. The molecule has 0 radical (unpaired) electrons. The van der Waals surface area contributed by atoms with Crippen molar-refractivity contribution < 1.29 is 28.7 Å². The van der Waals surface area contributed by atoms with Gasteiger partial charge in [-0.25, -0.2) is 20.4 Å². The molecule has 0 spiro atoms. The van der Waals surface area contributed by atoms with Gasteiger partial charge in [-0.05, 0) is 35.7 Å². The summed E-state index contributed by atoms with van der Waals surface area (Å²) < 4.78 is 10.9. The summed E-state index contributed by atoms with van der Waals surface area (Å²) in [6.07, 6.45) is 0.141. The zero-order valence-electron chi connectivity index (χ0n) is 21.4. The lowest BCUT2D eigenvalue weighted by molar-refractivity contribution is -0.124. The lowest BCUT2D eigenvalue weighted by Gasteiger charge is -2.18. The number of carbonyl (C=O) groups excluding carboxylic acids is 4. The van der Waals surface area contributed by atoms with E-state index in [0.717, 1.165) is 11.1 Å². The monoisotopic (exact) mass is 533 g/mol. The van der Waals surface area contributed by atoms with Crippen LogP contribution in [-0.4, -0.2) is 30.0 Å². The largest absolute Gasteiger partial charge is 0.489 e. The average Bonchev–Trinajstić information content (AvgIpc) is 2.97. The smallest absolute Gasteiger partial charge is 0.408 e. The number of nitrogens with one attached hydrogen (secondary N) is 5. The Morgan fingerprint density at radius 3 is 2.05 bits per heavy atom. The minimum absolute atomic E-state index is 0.0511. The third-order valence-corrected chi connectivity index (χ3v) is 5.33. The van der Waals surface area contributed by atoms with Crippen LogP contribution in [0.25, 0.3) is 0 Å². The summed E-state index contributed by atoms with van der Waals surface area (Å²) in [6.45, 7) is 2.23. The molecule has 39 heavy (non-hydrogen) atoms. The topological polar surface area (TPSA) is 147 Å². The van der Waals surface area contributed by atoms with Gasteiger partial charge in [-0.15, -0.1) is 0 Å². The van der Waals surface area contributed by atoms with Crippen LogP contribution in [0.1, 0.15) is 41.3 Å². The fourth-order valence-corrected chi connectivity index (χ4v) is 3.35. The predicted molar refractivity (Wildman–Crippen MR) is 143 cm³/mol. The number of hydrogen-bond donors (Lipinski definition) is 5. The van der Waals surface area contributed by atoms with Gasteiger partial charge in [0.2, 0.25) is 0 Å². The Morgan fingerprint density at radius 1 is 0.744 bits per heavy atom. The fourth-order valence-electron chi connectivity index (χ4n) is 3.35. The molecule has 3 aromatic carbocycles. The minimum atomic E-state index is -0.938. The van der Waals surface area contributed by atoms with Gasteiger partial charge >= 0.3 is 12.1 Å². The number of alkyl carbamates (subject to hydrolysis) is 1. The number of amides is 5. The summed E-state index contributed by atoms with van der Waals surface area (Å²) in [7, 11) is 0. The molecule has 0 aliphatic heterocycles. The number of hydrogen-bond acceptors (Lipinski definition) is 6. The SMILES string of the molecule is CCCC(NC(=O)OCc1ccccc1)C(=O)NNC(=O)NNC(=O)c1cccc(OCc2ccccc2)c1. The summed E-state index contributed by atoms with van der Waals surface area (Å²) in [5, 5.41) is 2.48. The Morgan fingerprint density at radius 2 is 1.38 bits per heavy atom. The van der Waals surface area contributed by atoms with Gasteiger partial charge in [0.05, 0.1) is 0 Å². The minimum Gasteiger partial charge on any atom is -0.489 e. The van der Waals surface area contributed by atoms with Gasteiger partial charge in [0.1, 0.15) is 25.0 Å². The van der Waals surface area contributed by atoms with Crippen molar-refractivity contribution in [3.63, 3.8) is 0 Å². The first-order valence-electron chi connectivity index (χ1n) is 12.3. The van der Waals surface area contributed by atoms with Crippen LogP contribution >= 0.6 is 0 Å². The third-order valence-electron chi connectivity index (χ3n) is 5.33. The second kappa shape index (κ2) is 15.3. The maximum Gasteiger partial charge on any atom is 0.408 e. The molecule has 11 nitrogen and oxygen atoms in total. The van der Waals surface area contributed by atoms with Crippen LogP contribution < -0.4 is 31.8 Å². The second-order valence-electron chi connectivity index (χ2n) is 8.37. The molecule has 0 bridgehead atoms. The molecular weight excluding hydrogens is 502 g/mol. The van der Waals surface area contributed by atoms with Crippen molar-refractivity contribution in [3.8, 4) is 5.75 Å². The number of urea groups is 1. The van der Waals surface area contributed by atoms with Crippen LogP contribution in [0.4, 0.5) is 9.59 Å². The second-order valence-corrected chi connectivity index (χ2v) is 8.37. The molecule has 0 heterocycles. The summed E-state index contributed by atoms with van der Waals surface area (Å²) in [4.78, 5) is 49.1. The molecule has 0 saturated carbocycles. The highest BCUT2D eigenvalue weighted by Crippen LogP contribution is 2.15. The Balaban J connectivity index is 1.40. The number of hydrazine groups is 2. The van der Waals surface area contributed by atoms with Crippen molar-refractivity contribution in [2.45, 2.75) is 39.0 Å². The molecule has 0 aliphatic rings. The van der Waals surface area contributed by atoms with Gasteiger partial charge in [-0.3, -0.25) is 20.4 Å². The van der Waals surface area contributed by atoms with Gasteiger partial charge in [-0.1, -0.05) is 80.1 Å². The van der Waals surface area contributed by atoms with Crippen LogP contribution in [-0.2, 0) is 22.7 Å². The highest BCUT2D eigenvalue weighted by molar-refractivity contribution is 5.95. The first-order valence-corrected chi connectivity index (χ1v) is 12.3. The van der Waals surface area contributed by atoms with Gasteiger partial charge < -0.3 is 14.8 Å². The third kappa shape index (κ3) is 10.1. The van der Waals surface area contributed by atoms with Crippen molar-refractivity contribution >= 4 is 23.9 Å². The van der Waals surface area contributed by atoms with Crippen molar-refractivity contribution in [1.29, 1.82) is 0 Å². The Labute approximate surface area is 226 Å². The van der Waals surface area contributed by atoms with Crippen molar-refractivity contribution in [1.82, 2.24) is 27.0 Å². The first kappa shape index (κ1) is 28.5. The summed E-state index contributed by atoms with van der Waals surface area (Å²) in [6, 6.07) is 23.3. The lowest BCUT2D eigenvalue weighted by Crippen LogP contribution is -2.56. The van der Waals surface area contributed by atoms with Crippen LogP contribution in [0, 0.1) is 0 Å². The number of ether oxygens (including phenoxy) is 2. The molecule has 0 fully saturated rings. The van der Waals surface area contributed by atoms with Crippen LogP contribution in [0.3, 0.4) is 0 Å². The normalized spacial score (nSPS) is 10.9. The van der Waals surface area contributed by atoms with E-state index in [9.17, 15) is 19.2 Å². The van der Waals surface area contributed by atoms with E-state index in [0.29, 0.717) is 25.2 Å². The maximum atomic E-state index is 12.5. The first-order chi connectivity index (χ1) is 18.9. The number of carbonyl (C=O) groups is 4. The highest BCUT2D eigenvalue weighted by atomic mass is 16.5. The van der Waals surface area contributed by atoms with Crippen molar-refractivity contribution in [2.75, 3.05) is 0 Å². The molecule has 0 saturated heterocycles. The van der Waals surface area contributed by atoms with E-state index in [1.54, 1.807) is 30.3 Å². The lowest BCUT2D eigenvalue weighted by atomic mass is 10.1. The van der Waals surface area contributed by atoms with Gasteiger partial charge in [0.25, 0.3) is 11.8 Å². The van der Waals surface area contributed by atoms with Crippen molar-refractivity contribution in [2.24, 2.45) is 0 Å². The summed E-state index contributed by atoms with van der Waals surface area (Å²) >= 11 is 0. The van der Waals surface area contributed by atoms with E-state index in [4.69, 9.17) is 9.47 Å². The van der Waals surface area contributed by atoms with Crippen LogP contribution in [0.5, 0.6) is 5.75 Å². The average molecular weight is 534 g/mol. The van der Waals surface area contributed by atoms with Crippen molar-refractivity contribution in [3.05, 3.63) is 102 Å². The van der Waals surface area contributed by atoms with Crippen LogP contribution in [0.2, 0.25) is 0 Å². The van der Waals surface area contributed by atoms with Gasteiger partial charge in [0.15, 0.2) is 0 Å². The zero-order valence-corrected chi connectivity index (χ0v) is 21.4. The molecule has 204 valence electrons. The van der Waals surface area contributed by atoms with E-state index >= 15 is 0 Å². The van der Waals surface area contributed by atoms with Gasteiger partial charge in [0, 0.05) is 5.56 Å².